The van der Waals surface area contributed by atoms with E-state index < -0.39 is 7.29 Å². The van der Waals surface area contributed by atoms with Gasteiger partial charge in [0.1, 0.15) is 0 Å². The number of nitrogens with one attached hydrogen (secondary N) is 1. The predicted molar refractivity (Wildman–Crippen MR) is 64.4 cm³/mol. The van der Waals surface area contributed by atoms with E-state index in [-0.39, 0.29) is 0 Å². The molecule has 0 amide bonds. The van der Waals surface area contributed by atoms with Gasteiger partial charge in [0.05, 0.1) is 0 Å². The van der Waals surface area contributed by atoms with E-state index in [1.54, 1.807) is 0 Å². The number of benzene rings is 1. The van der Waals surface area contributed by atoms with Crippen LogP contribution in [0.4, 0.5) is 0 Å². The summed E-state index contributed by atoms with van der Waals surface area (Å²) in [7, 11) is -2.13. The van der Waals surface area contributed by atoms with Crippen LogP contribution in [0.5, 0.6) is 0 Å². The lowest BCUT2D eigenvalue weighted by Crippen LogP contribution is -2.11. The van der Waals surface area contributed by atoms with Gasteiger partial charge in [0.15, 0.2) is 7.29 Å². The maximum Gasteiger partial charge on any atom is 0.155 e. The zero-order chi connectivity index (χ0) is 10.7. The standard InChI is InChI=1S/C12H16NOP/c1-11-7-8-15(14,10-11)13-9-12-5-3-2-4-6-12/h2-7H,8-10H2,1H3,(H,13,14). The Morgan fingerprint density at radius 1 is 1.33 bits per heavy atom. The third-order valence-electron chi connectivity index (χ3n) is 2.65. The molecule has 3 heteroatoms. The van der Waals surface area contributed by atoms with Gasteiger partial charge in [-0.3, -0.25) is 5.09 Å². The number of rotatable bonds is 3. The topological polar surface area (TPSA) is 29.1 Å². The quantitative estimate of drug-likeness (QED) is 0.628. The fourth-order valence-corrected chi connectivity index (χ4v) is 4.17. The molecule has 1 aliphatic rings. The highest BCUT2D eigenvalue weighted by Crippen LogP contribution is 2.47. The fourth-order valence-electron chi connectivity index (χ4n) is 1.79. The largest absolute Gasteiger partial charge is 0.306 e. The van der Waals surface area contributed by atoms with Crippen LogP contribution in [0.25, 0.3) is 0 Å². The zero-order valence-electron chi connectivity index (χ0n) is 8.94. The molecule has 1 aromatic carbocycles. The molecule has 0 aromatic heterocycles. The molecule has 2 rings (SSSR count). The minimum atomic E-state index is -2.13. The second kappa shape index (κ2) is 4.34. The van der Waals surface area contributed by atoms with Gasteiger partial charge in [-0.2, -0.15) is 0 Å². The van der Waals surface area contributed by atoms with Crippen molar-refractivity contribution in [2.75, 3.05) is 12.3 Å². The van der Waals surface area contributed by atoms with Crippen molar-refractivity contribution >= 4 is 7.29 Å². The zero-order valence-corrected chi connectivity index (χ0v) is 9.84. The lowest BCUT2D eigenvalue weighted by atomic mass is 10.2. The Morgan fingerprint density at radius 3 is 2.67 bits per heavy atom. The van der Waals surface area contributed by atoms with Crippen LogP contribution in [0.15, 0.2) is 42.0 Å². The Kier molecular flexibility index (Phi) is 3.08. The normalized spacial score (nSPS) is 25.3. The molecule has 1 aromatic rings. The van der Waals surface area contributed by atoms with Crippen molar-refractivity contribution in [3.63, 3.8) is 0 Å². The molecule has 0 radical (unpaired) electrons. The van der Waals surface area contributed by atoms with Gasteiger partial charge in [-0.25, -0.2) is 0 Å². The minimum Gasteiger partial charge on any atom is -0.306 e. The summed E-state index contributed by atoms with van der Waals surface area (Å²) in [6.07, 6.45) is 3.53. The average Bonchev–Trinajstić information content (AvgIpc) is 2.58. The van der Waals surface area contributed by atoms with Crippen molar-refractivity contribution < 1.29 is 4.57 Å². The van der Waals surface area contributed by atoms with Gasteiger partial charge < -0.3 is 4.57 Å². The highest BCUT2D eigenvalue weighted by Gasteiger charge is 2.25. The SMILES string of the molecule is CC1=CCP(=O)(NCc2ccccc2)C1. The van der Waals surface area contributed by atoms with Crippen LogP contribution >= 0.6 is 7.29 Å². The third-order valence-corrected chi connectivity index (χ3v) is 5.17. The predicted octanol–water partition coefficient (Wildman–Crippen LogP) is 3.01. The molecule has 0 saturated carbocycles. The van der Waals surface area contributed by atoms with Crippen molar-refractivity contribution in [2.45, 2.75) is 13.5 Å². The summed E-state index contributed by atoms with van der Waals surface area (Å²) in [4.78, 5) is 0. The van der Waals surface area contributed by atoms with Gasteiger partial charge in [-0.05, 0) is 12.5 Å². The number of hydrogen-bond acceptors (Lipinski definition) is 1. The van der Waals surface area contributed by atoms with E-state index in [1.165, 1.54) is 11.1 Å². The fraction of sp³-hybridized carbons (Fsp3) is 0.333. The van der Waals surface area contributed by atoms with Crippen molar-refractivity contribution in [3.05, 3.63) is 47.5 Å². The number of hydrogen-bond donors (Lipinski definition) is 1. The highest BCUT2D eigenvalue weighted by atomic mass is 31.2. The van der Waals surface area contributed by atoms with E-state index in [1.807, 2.05) is 25.1 Å². The highest BCUT2D eigenvalue weighted by molar-refractivity contribution is 7.62. The molecular weight excluding hydrogens is 205 g/mol. The molecule has 1 N–H and O–H groups in total. The summed E-state index contributed by atoms with van der Waals surface area (Å²) in [6, 6.07) is 10.1. The maximum atomic E-state index is 12.2. The molecule has 0 saturated heterocycles. The smallest absolute Gasteiger partial charge is 0.155 e. The van der Waals surface area contributed by atoms with Crippen molar-refractivity contribution in [3.8, 4) is 0 Å². The van der Waals surface area contributed by atoms with Crippen molar-refractivity contribution in [2.24, 2.45) is 0 Å². The number of allylic oxidation sites excluding steroid dienone is 2. The summed E-state index contributed by atoms with van der Waals surface area (Å²) in [5, 5.41) is 3.21. The molecule has 15 heavy (non-hydrogen) atoms. The molecule has 1 atom stereocenters. The first-order chi connectivity index (χ1) is 7.18. The van der Waals surface area contributed by atoms with Crippen LogP contribution in [0.2, 0.25) is 0 Å². The monoisotopic (exact) mass is 221 g/mol. The molecule has 80 valence electrons. The minimum absolute atomic E-state index is 0.708. The van der Waals surface area contributed by atoms with Crippen LogP contribution in [0.1, 0.15) is 12.5 Å². The van der Waals surface area contributed by atoms with Crippen LogP contribution in [-0.2, 0) is 11.1 Å². The summed E-state index contributed by atoms with van der Waals surface area (Å²) in [6.45, 7) is 2.75. The summed E-state index contributed by atoms with van der Waals surface area (Å²) >= 11 is 0. The first-order valence-corrected chi connectivity index (χ1v) is 7.28. The lowest BCUT2D eigenvalue weighted by Gasteiger charge is -2.13. The van der Waals surface area contributed by atoms with E-state index in [0.717, 1.165) is 6.16 Å². The van der Waals surface area contributed by atoms with Crippen LogP contribution in [0.3, 0.4) is 0 Å². The Hall–Kier alpha value is -0.850. The van der Waals surface area contributed by atoms with Crippen LogP contribution < -0.4 is 5.09 Å². The first kappa shape index (κ1) is 10.7. The molecule has 0 fully saturated rings. The molecule has 1 aliphatic heterocycles. The van der Waals surface area contributed by atoms with E-state index in [9.17, 15) is 4.57 Å². The lowest BCUT2D eigenvalue weighted by molar-refractivity contribution is 0.569. The van der Waals surface area contributed by atoms with E-state index in [4.69, 9.17) is 0 Å². The molecule has 0 spiro atoms. The Balaban J connectivity index is 1.92. The Labute approximate surface area is 90.8 Å². The summed E-state index contributed by atoms with van der Waals surface area (Å²) in [5.74, 6) is 0. The van der Waals surface area contributed by atoms with Crippen LogP contribution in [0, 0.1) is 0 Å². The average molecular weight is 221 g/mol. The van der Waals surface area contributed by atoms with Gasteiger partial charge in [0.25, 0.3) is 0 Å². The molecule has 1 unspecified atom stereocenters. The summed E-state index contributed by atoms with van der Waals surface area (Å²) in [5.41, 5.74) is 2.44. The van der Waals surface area contributed by atoms with Gasteiger partial charge in [-0.1, -0.05) is 42.0 Å². The second-order valence-corrected chi connectivity index (χ2v) is 6.88. The first-order valence-electron chi connectivity index (χ1n) is 5.21. The Bertz CT molecular complexity index is 411. The summed E-state index contributed by atoms with van der Waals surface area (Å²) < 4.78 is 12.2. The van der Waals surface area contributed by atoms with Crippen LogP contribution in [-0.4, -0.2) is 12.3 Å². The van der Waals surface area contributed by atoms with Gasteiger partial charge in [-0.15, -0.1) is 0 Å². The van der Waals surface area contributed by atoms with E-state index in [2.05, 4.69) is 23.3 Å². The van der Waals surface area contributed by atoms with E-state index >= 15 is 0 Å². The molecule has 1 heterocycles. The molecule has 0 aliphatic carbocycles. The van der Waals surface area contributed by atoms with Gasteiger partial charge in [0, 0.05) is 18.9 Å². The van der Waals surface area contributed by atoms with E-state index in [0.29, 0.717) is 12.7 Å². The third kappa shape index (κ3) is 2.80. The molecule has 2 nitrogen and oxygen atoms in total. The second-order valence-electron chi connectivity index (χ2n) is 4.10. The van der Waals surface area contributed by atoms with Crippen molar-refractivity contribution in [1.82, 2.24) is 5.09 Å². The maximum absolute atomic E-state index is 12.2. The van der Waals surface area contributed by atoms with Gasteiger partial charge in [0.2, 0.25) is 0 Å². The molecule has 0 bridgehead atoms. The molecular formula is C12H16NOP. The van der Waals surface area contributed by atoms with Crippen molar-refractivity contribution in [1.29, 1.82) is 0 Å². The van der Waals surface area contributed by atoms with Gasteiger partial charge >= 0.3 is 0 Å². The Morgan fingerprint density at radius 2 is 2.07 bits per heavy atom.